The molecule has 2 N–H and O–H groups in total. The predicted molar refractivity (Wildman–Crippen MR) is 78.5 cm³/mol. The van der Waals surface area contributed by atoms with Crippen LogP contribution in [0.3, 0.4) is 0 Å². The Morgan fingerprint density at radius 2 is 1.83 bits per heavy atom. The molecule has 2 nitrogen and oxygen atoms in total. The van der Waals surface area contributed by atoms with Crippen LogP contribution < -0.4 is 5.73 Å². The second-order valence-corrected chi connectivity index (χ2v) is 7.69. The summed E-state index contributed by atoms with van der Waals surface area (Å²) in [5.41, 5.74) is 6.65. The highest BCUT2D eigenvalue weighted by molar-refractivity contribution is 4.95. The monoisotopic (exact) mass is 252 g/mol. The molecule has 2 fully saturated rings. The molecule has 0 spiro atoms. The Labute approximate surface area is 113 Å². The summed E-state index contributed by atoms with van der Waals surface area (Å²) in [6.45, 7) is 14.6. The Balaban J connectivity index is 2.01. The number of rotatable bonds is 2. The maximum atomic E-state index is 6.26. The Morgan fingerprint density at radius 1 is 1.17 bits per heavy atom. The van der Waals surface area contributed by atoms with E-state index in [0.29, 0.717) is 17.4 Å². The van der Waals surface area contributed by atoms with Crippen molar-refractivity contribution < 1.29 is 0 Å². The van der Waals surface area contributed by atoms with Crippen LogP contribution in [-0.2, 0) is 0 Å². The van der Waals surface area contributed by atoms with Gasteiger partial charge >= 0.3 is 0 Å². The van der Waals surface area contributed by atoms with Crippen molar-refractivity contribution >= 4 is 0 Å². The normalized spacial score (nSPS) is 45.3. The summed E-state index contributed by atoms with van der Waals surface area (Å²) in [4.78, 5) is 2.72. The predicted octanol–water partition coefficient (Wildman–Crippen LogP) is 3.12. The smallest absolute Gasteiger partial charge is 0.00701 e. The van der Waals surface area contributed by atoms with Crippen molar-refractivity contribution in [2.45, 2.75) is 66.0 Å². The summed E-state index contributed by atoms with van der Waals surface area (Å²) in [6, 6.07) is 1.19. The van der Waals surface area contributed by atoms with E-state index in [-0.39, 0.29) is 0 Å². The minimum Gasteiger partial charge on any atom is -0.327 e. The standard InChI is InChI=1S/C16H32N2/c1-11-8-12(2)18(9-11)10-14-6-7-15(17)13(3)16(14,4)5/h11-15H,6-10,17H2,1-5H3. The van der Waals surface area contributed by atoms with Gasteiger partial charge in [0.25, 0.3) is 0 Å². The van der Waals surface area contributed by atoms with Gasteiger partial charge in [0.1, 0.15) is 0 Å². The van der Waals surface area contributed by atoms with Crippen molar-refractivity contribution in [2.75, 3.05) is 13.1 Å². The zero-order valence-corrected chi connectivity index (χ0v) is 12.9. The third kappa shape index (κ3) is 2.60. The molecule has 1 saturated heterocycles. The number of likely N-dealkylation sites (tertiary alicyclic amines) is 1. The van der Waals surface area contributed by atoms with Crippen LogP contribution in [0.25, 0.3) is 0 Å². The molecule has 1 heterocycles. The minimum absolute atomic E-state index is 0.392. The Morgan fingerprint density at radius 3 is 2.39 bits per heavy atom. The summed E-state index contributed by atoms with van der Waals surface area (Å²) in [5, 5.41) is 0. The first-order chi connectivity index (χ1) is 8.32. The van der Waals surface area contributed by atoms with Crippen LogP contribution in [0.2, 0.25) is 0 Å². The molecule has 0 bridgehead atoms. The lowest BCUT2D eigenvalue weighted by molar-refractivity contribution is 0.0268. The van der Waals surface area contributed by atoms with Crippen LogP contribution in [0, 0.1) is 23.2 Å². The first-order valence-electron chi connectivity index (χ1n) is 7.82. The number of hydrogen-bond acceptors (Lipinski definition) is 2. The molecule has 1 aliphatic carbocycles. The van der Waals surface area contributed by atoms with E-state index >= 15 is 0 Å². The van der Waals surface area contributed by atoms with E-state index in [1.807, 2.05) is 0 Å². The van der Waals surface area contributed by atoms with E-state index in [9.17, 15) is 0 Å². The molecule has 2 rings (SSSR count). The third-order valence-corrected chi connectivity index (χ3v) is 6.08. The van der Waals surface area contributed by atoms with Crippen molar-refractivity contribution in [1.82, 2.24) is 4.90 Å². The molecule has 18 heavy (non-hydrogen) atoms. The summed E-state index contributed by atoms with van der Waals surface area (Å²) in [7, 11) is 0. The molecule has 106 valence electrons. The first kappa shape index (κ1) is 14.3. The summed E-state index contributed by atoms with van der Waals surface area (Å²) < 4.78 is 0. The highest BCUT2D eigenvalue weighted by atomic mass is 15.2. The highest BCUT2D eigenvalue weighted by Gasteiger charge is 2.43. The molecule has 1 saturated carbocycles. The van der Waals surface area contributed by atoms with E-state index in [1.165, 1.54) is 32.4 Å². The molecular weight excluding hydrogens is 220 g/mol. The number of nitrogens with two attached hydrogens (primary N) is 1. The summed E-state index contributed by atoms with van der Waals surface area (Å²) in [6.07, 6.45) is 3.91. The molecule has 0 amide bonds. The number of nitrogens with zero attached hydrogens (tertiary/aromatic N) is 1. The van der Waals surface area contributed by atoms with Gasteiger partial charge in [0.2, 0.25) is 0 Å². The maximum absolute atomic E-state index is 6.26. The Kier molecular flexibility index (Phi) is 4.08. The second kappa shape index (κ2) is 5.13. The molecule has 1 aliphatic heterocycles. The number of hydrogen-bond donors (Lipinski definition) is 1. The van der Waals surface area contributed by atoms with Crippen LogP contribution in [0.1, 0.15) is 53.9 Å². The first-order valence-corrected chi connectivity index (χ1v) is 7.82. The van der Waals surface area contributed by atoms with E-state index in [0.717, 1.165) is 17.9 Å². The lowest BCUT2D eigenvalue weighted by Gasteiger charge is -2.48. The van der Waals surface area contributed by atoms with Crippen LogP contribution in [0.5, 0.6) is 0 Å². The van der Waals surface area contributed by atoms with Gasteiger partial charge in [-0.2, -0.15) is 0 Å². The van der Waals surface area contributed by atoms with Crippen molar-refractivity contribution in [3.8, 4) is 0 Å². The van der Waals surface area contributed by atoms with Crippen molar-refractivity contribution in [3.63, 3.8) is 0 Å². The minimum atomic E-state index is 0.392. The van der Waals surface area contributed by atoms with E-state index in [2.05, 4.69) is 39.5 Å². The van der Waals surface area contributed by atoms with Gasteiger partial charge in [0.05, 0.1) is 0 Å². The third-order valence-electron chi connectivity index (χ3n) is 6.08. The zero-order chi connectivity index (χ0) is 13.5. The average molecular weight is 252 g/mol. The summed E-state index contributed by atoms with van der Waals surface area (Å²) >= 11 is 0. The van der Waals surface area contributed by atoms with E-state index in [1.54, 1.807) is 0 Å². The Bertz CT molecular complexity index is 287. The molecule has 0 aromatic carbocycles. The molecule has 5 atom stereocenters. The lowest BCUT2D eigenvalue weighted by Crippen LogP contribution is -2.50. The molecule has 2 aliphatic rings. The van der Waals surface area contributed by atoms with Gasteiger partial charge in [0.15, 0.2) is 0 Å². The van der Waals surface area contributed by atoms with Crippen molar-refractivity contribution in [1.29, 1.82) is 0 Å². The highest BCUT2D eigenvalue weighted by Crippen LogP contribution is 2.45. The van der Waals surface area contributed by atoms with Gasteiger partial charge in [-0.15, -0.1) is 0 Å². The van der Waals surface area contributed by atoms with Crippen molar-refractivity contribution in [2.24, 2.45) is 28.9 Å². The van der Waals surface area contributed by atoms with Gasteiger partial charge in [-0.1, -0.05) is 27.7 Å². The van der Waals surface area contributed by atoms with Gasteiger partial charge in [-0.3, -0.25) is 0 Å². The molecule has 0 aromatic rings. The van der Waals surface area contributed by atoms with Crippen LogP contribution in [0.4, 0.5) is 0 Å². The van der Waals surface area contributed by atoms with E-state index in [4.69, 9.17) is 5.73 Å². The largest absolute Gasteiger partial charge is 0.327 e. The molecule has 0 radical (unpaired) electrons. The zero-order valence-electron chi connectivity index (χ0n) is 12.9. The average Bonchev–Trinajstić information content (AvgIpc) is 2.59. The van der Waals surface area contributed by atoms with Crippen LogP contribution in [-0.4, -0.2) is 30.1 Å². The summed E-state index contributed by atoms with van der Waals surface area (Å²) in [5.74, 6) is 2.35. The molecule has 2 heteroatoms. The van der Waals surface area contributed by atoms with Crippen molar-refractivity contribution in [3.05, 3.63) is 0 Å². The SMILES string of the molecule is CC1CC(C)N(CC2CCC(N)C(C)C2(C)C)C1. The van der Waals surface area contributed by atoms with Gasteiger partial charge < -0.3 is 10.6 Å². The van der Waals surface area contributed by atoms with Gasteiger partial charge in [0, 0.05) is 25.2 Å². The molecule has 0 aromatic heterocycles. The fourth-order valence-electron chi connectivity index (χ4n) is 4.19. The van der Waals surface area contributed by atoms with Gasteiger partial charge in [-0.25, -0.2) is 0 Å². The molecule has 5 unspecified atom stereocenters. The lowest BCUT2D eigenvalue weighted by atomic mass is 9.61. The van der Waals surface area contributed by atoms with Gasteiger partial charge in [-0.05, 0) is 49.4 Å². The Hall–Kier alpha value is -0.0800. The van der Waals surface area contributed by atoms with Crippen LogP contribution >= 0.6 is 0 Å². The fraction of sp³-hybridized carbons (Fsp3) is 1.00. The van der Waals surface area contributed by atoms with E-state index < -0.39 is 0 Å². The quantitative estimate of drug-likeness (QED) is 0.818. The van der Waals surface area contributed by atoms with Crippen LogP contribution in [0.15, 0.2) is 0 Å². The molecular formula is C16H32N2. The topological polar surface area (TPSA) is 29.3 Å². The maximum Gasteiger partial charge on any atom is 0.00701 e. The second-order valence-electron chi connectivity index (χ2n) is 7.69. The fourth-order valence-corrected chi connectivity index (χ4v) is 4.19.